The van der Waals surface area contributed by atoms with Crippen LogP contribution in [0.1, 0.15) is 12.5 Å². The Labute approximate surface area is 182 Å². The number of nitrogens with zero attached hydrogens (tertiary/aromatic N) is 3. The lowest BCUT2D eigenvalue weighted by atomic mass is 10.1. The molecule has 9 heteroatoms. The summed E-state index contributed by atoms with van der Waals surface area (Å²) in [5.41, 5.74) is 2.55. The fraction of sp³-hybridized carbons (Fsp3) is 0.211. The molecule has 3 aromatic rings. The van der Waals surface area contributed by atoms with E-state index in [-0.39, 0.29) is 5.91 Å². The molecule has 0 aliphatic rings. The van der Waals surface area contributed by atoms with E-state index in [1.807, 2.05) is 42.8 Å². The van der Waals surface area contributed by atoms with Crippen molar-refractivity contribution < 1.29 is 4.79 Å². The first-order valence-electron chi connectivity index (χ1n) is 8.34. The Bertz CT molecular complexity index is 1020. The first-order chi connectivity index (χ1) is 13.3. The van der Waals surface area contributed by atoms with Crippen LogP contribution < -0.4 is 5.32 Å². The van der Waals surface area contributed by atoms with E-state index in [2.05, 4.69) is 15.5 Å². The van der Waals surface area contributed by atoms with Gasteiger partial charge in [-0.15, -0.1) is 10.2 Å². The number of thioether (sulfide) groups is 1. The van der Waals surface area contributed by atoms with E-state index in [0.717, 1.165) is 11.4 Å². The number of anilines is 1. The number of benzene rings is 2. The van der Waals surface area contributed by atoms with Crippen molar-refractivity contribution in [3.8, 4) is 11.4 Å². The molecule has 1 aromatic heterocycles. The van der Waals surface area contributed by atoms with Crippen molar-refractivity contribution >= 4 is 58.2 Å². The normalized spacial score (nSPS) is 12.1. The summed E-state index contributed by atoms with van der Waals surface area (Å²) in [6.07, 6.45) is 0. The molecule has 1 amide bonds. The van der Waals surface area contributed by atoms with Crippen molar-refractivity contribution in [3.05, 3.63) is 57.0 Å². The molecule has 0 aliphatic carbocycles. The summed E-state index contributed by atoms with van der Waals surface area (Å²) in [6, 6.07) is 11.1. The molecule has 0 bridgehead atoms. The van der Waals surface area contributed by atoms with E-state index >= 15 is 0 Å². The molecule has 1 N–H and O–H groups in total. The molecule has 1 heterocycles. The topological polar surface area (TPSA) is 59.8 Å². The lowest BCUT2D eigenvalue weighted by Crippen LogP contribution is -2.23. The highest BCUT2D eigenvalue weighted by Gasteiger charge is 2.20. The Kier molecular flexibility index (Phi) is 6.55. The molecular formula is C19H17Cl3N4OS. The second kappa shape index (κ2) is 8.74. The number of hydrogen-bond acceptors (Lipinski definition) is 4. The third-order valence-electron chi connectivity index (χ3n) is 4.06. The number of aromatic nitrogens is 3. The van der Waals surface area contributed by atoms with Crippen molar-refractivity contribution in [2.24, 2.45) is 7.05 Å². The van der Waals surface area contributed by atoms with E-state index in [1.165, 1.54) is 29.5 Å². The number of carbonyl (C=O) groups is 1. The number of amides is 1. The summed E-state index contributed by atoms with van der Waals surface area (Å²) >= 11 is 19.4. The van der Waals surface area contributed by atoms with Gasteiger partial charge in [0.05, 0.1) is 26.0 Å². The second-order valence-electron chi connectivity index (χ2n) is 6.23. The van der Waals surface area contributed by atoms with Crippen molar-refractivity contribution in [3.63, 3.8) is 0 Å². The van der Waals surface area contributed by atoms with Gasteiger partial charge in [0.1, 0.15) is 0 Å². The number of rotatable bonds is 5. The van der Waals surface area contributed by atoms with Crippen LogP contribution in [0.5, 0.6) is 0 Å². The molecule has 0 radical (unpaired) electrons. The standard InChI is InChI=1S/C19H17Cl3N4OS/c1-10-4-6-12(7-5-10)17-24-25-19(26(17)3)28-11(2)18(27)23-16-9-14(21)13(20)8-15(16)22/h4-9,11H,1-3H3,(H,23,27). The van der Waals surface area contributed by atoms with Gasteiger partial charge in [0.15, 0.2) is 11.0 Å². The molecule has 28 heavy (non-hydrogen) atoms. The van der Waals surface area contributed by atoms with Gasteiger partial charge in [0, 0.05) is 12.6 Å². The highest BCUT2D eigenvalue weighted by Crippen LogP contribution is 2.33. The van der Waals surface area contributed by atoms with Crippen LogP contribution in [-0.2, 0) is 11.8 Å². The number of carbonyl (C=O) groups excluding carboxylic acids is 1. The minimum Gasteiger partial charge on any atom is -0.324 e. The molecular weight excluding hydrogens is 439 g/mol. The minimum absolute atomic E-state index is 0.231. The van der Waals surface area contributed by atoms with Crippen molar-refractivity contribution in [2.45, 2.75) is 24.3 Å². The predicted octanol–water partition coefficient (Wildman–Crippen LogP) is 5.87. The molecule has 0 saturated carbocycles. The number of hydrogen-bond donors (Lipinski definition) is 1. The maximum Gasteiger partial charge on any atom is 0.237 e. The molecule has 1 unspecified atom stereocenters. The number of aryl methyl sites for hydroxylation is 1. The van der Waals surface area contributed by atoms with Crippen molar-refractivity contribution in [1.82, 2.24) is 14.8 Å². The maximum absolute atomic E-state index is 12.6. The average Bonchev–Trinajstić information content (AvgIpc) is 3.00. The Morgan fingerprint density at radius 1 is 1.07 bits per heavy atom. The van der Waals surface area contributed by atoms with Gasteiger partial charge in [-0.1, -0.05) is 76.4 Å². The third-order valence-corrected chi connectivity index (χ3v) is 6.23. The van der Waals surface area contributed by atoms with Gasteiger partial charge in [0.2, 0.25) is 5.91 Å². The largest absolute Gasteiger partial charge is 0.324 e. The van der Waals surface area contributed by atoms with E-state index in [4.69, 9.17) is 34.8 Å². The first kappa shape index (κ1) is 21.0. The molecule has 0 saturated heterocycles. The Balaban J connectivity index is 1.73. The van der Waals surface area contributed by atoms with Crippen LogP contribution in [0.15, 0.2) is 41.6 Å². The SMILES string of the molecule is Cc1ccc(-c2nnc(SC(C)C(=O)Nc3cc(Cl)c(Cl)cc3Cl)n2C)cc1. The maximum atomic E-state index is 12.6. The number of halogens is 3. The predicted molar refractivity (Wildman–Crippen MR) is 117 cm³/mol. The molecule has 146 valence electrons. The van der Waals surface area contributed by atoms with Crippen LogP contribution >= 0.6 is 46.6 Å². The van der Waals surface area contributed by atoms with E-state index in [0.29, 0.717) is 25.9 Å². The Morgan fingerprint density at radius 3 is 2.39 bits per heavy atom. The van der Waals surface area contributed by atoms with E-state index in [1.54, 1.807) is 6.92 Å². The molecule has 1 atom stereocenters. The summed E-state index contributed by atoms with van der Waals surface area (Å²) in [5.74, 6) is 0.507. The van der Waals surface area contributed by atoms with Gasteiger partial charge < -0.3 is 9.88 Å². The Morgan fingerprint density at radius 2 is 1.71 bits per heavy atom. The zero-order chi connectivity index (χ0) is 20.4. The van der Waals surface area contributed by atoms with Crippen LogP contribution in [0.2, 0.25) is 15.1 Å². The second-order valence-corrected chi connectivity index (χ2v) is 8.76. The summed E-state index contributed by atoms with van der Waals surface area (Å²) < 4.78 is 1.87. The molecule has 3 rings (SSSR count). The van der Waals surface area contributed by atoms with E-state index < -0.39 is 5.25 Å². The highest BCUT2D eigenvalue weighted by molar-refractivity contribution is 8.00. The summed E-state index contributed by atoms with van der Waals surface area (Å²) in [5, 5.41) is 12.4. The monoisotopic (exact) mass is 454 g/mol. The smallest absolute Gasteiger partial charge is 0.237 e. The summed E-state index contributed by atoms with van der Waals surface area (Å²) in [6.45, 7) is 3.81. The van der Waals surface area contributed by atoms with Gasteiger partial charge in [-0.2, -0.15) is 0 Å². The van der Waals surface area contributed by atoms with Gasteiger partial charge in [-0.25, -0.2) is 0 Å². The zero-order valence-corrected chi connectivity index (χ0v) is 18.4. The van der Waals surface area contributed by atoms with E-state index in [9.17, 15) is 4.79 Å². The van der Waals surface area contributed by atoms with Gasteiger partial charge in [-0.05, 0) is 26.0 Å². The quantitative estimate of drug-likeness (QED) is 0.386. The molecule has 2 aromatic carbocycles. The molecule has 0 aliphatic heterocycles. The summed E-state index contributed by atoms with van der Waals surface area (Å²) in [4.78, 5) is 12.6. The number of nitrogens with one attached hydrogen (secondary N) is 1. The van der Waals surface area contributed by atoms with Crippen molar-refractivity contribution in [1.29, 1.82) is 0 Å². The molecule has 0 spiro atoms. The zero-order valence-electron chi connectivity index (χ0n) is 15.3. The average molecular weight is 456 g/mol. The van der Waals surface area contributed by atoms with Gasteiger partial charge in [-0.3, -0.25) is 4.79 Å². The Hall–Kier alpha value is -1.73. The lowest BCUT2D eigenvalue weighted by Gasteiger charge is -2.13. The van der Waals surface area contributed by atoms with Crippen LogP contribution in [-0.4, -0.2) is 25.9 Å². The molecule has 5 nitrogen and oxygen atoms in total. The van der Waals surface area contributed by atoms with Crippen molar-refractivity contribution in [2.75, 3.05) is 5.32 Å². The van der Waals surface area contributed by atoms with Gasteiger partial charge in [0.25, 0.3) is 0 Å². The fourth-order valence-electron chi connectivity index (χ4n) is 2.44. The summed E-state index contributed by atoms with van der Waals surface area (Å²) in [7, 11) is 1.87. The highest BCUT2D eigenvalue weighted by atomic mass is 35.5. The third kappa shape index (κ3) is 4.63. The van der Waals surface area contributed by atoms with Crippen LogP contribution in [0.3, 0.4) is 0 Å². The minimum atomic E-state index is -0.431. The fourth-order valence-corrected chi connectivity index (χ4v) is 3.84. The first-order valence-corrected chi connectivity index (χ1v) is 10.4. The lowest BCUT2D eigenvalue weighted by molar-refractivity contribution is -0.115. The van der Waals surface area contributed by atoms with Crippen LogP contribution in [0, 0.1) is 6.92 Å². The van der Waals surface area contributed by atoms with Crippen LogP contribution in [0.25, 0.3) is 11.4 Å². The van der Waals surface area contributed by atoms with Gasteiger partial charge >= 0.3 is 0 Å². The van der Waals surface area contributed by atoms with Crippen LogP contribution in [0.4, 0.5) is 5.69 Å². The molecule has 0 fully saturated rings.